The molecule has 2 heterocycles. The van der Waals surface area contributed by atoms with Crippen LogP contribution < -0.4 is 10.6 Å². The van der Waals surface area contributed by atoms with E-state index in [1.165, 1.54) is 35.4 Å². The van der Waals surface area contributed by atoms with Crippen LogP contribution in [0.5, 0.6) is 0 Å². The Kier molecular flexibility index (Phi) is 2.68. The van der Waals surface area contributed by atoms with Gasteiger partial charge < -0.3 is 10.6 Å². The lowest BCUT2D eigenvalue weighted by Gasteiger charge is -2.30. The van der Waals surface area contributed by atoms with Crippen LogP contribution in [0.4, 0.5) is 10.8 Å². The molecule has 17 heavy (non-hydrogen) atoms. The highest BCUT2D eigenvalue weighted by atomic mass is 32.1. The van der Waals surface area contributed by atoms with E-state index >= 15 is 0 Å². The summed E-state index contributed by atoms with van der Waals surface area (Å²) in [5.74, 6) is 0. The molecular weight excluding hydrogens is 232 g/mol. The normalized spacial score (nSPS) is 14.7. The van der Waals surface area contributed by atoms with Gasteiger partial charge in [0.25, 0.3) is 0 Å². The first-order valence-corrected chi connectivity index (χ1v) is 6.55. The van der Waals surface area contributed by atoms with Crippen LogP contribution in [0.3, 0.4) is 0 Å². The number of hydrogen-bond donors (Lipinski definition) is 1. The highest BCUT2D eigenvalue weighted by molar-refractivity contribution is 7.15. The fourth-order valence-electron chi connectivity index (χ4n) is 2.27. The number of aromatic nitrogens is 2. The van der Waals surface area contributed by atoms with Crippen LogP contribution in [0, 0.1) is 0 Å². The van der Waals surface area contributed by atoms with E-state index < -0.39 is 0 Å². The van der Waals surface area contributed by atoms with Crippen molar-refractivity contribution in [1.82, 2.24) is 10.2 Å². The Hall–Kier alpha value is -1.62. The van der Waals surface area contributed by atoms with Crippen molar-refractivity contribution in [1.29, 1.82) is 0 Å². The third-order valence-corrected chi connectivity index (χ3v) is 3.75. The Morgan fingerprint density at radius 3 is 3.00 bits per heavy atom. The molecule has 2 aromatic rings. The monoisotopic (exact) mass is 246 g/mol. The van der Waals surface area contributed by atoms with Gasteiger partial charge in [-0.05, 0) is 24.5 Å². The van der Waals surface area contributed by atoms with Crippen molar-refractivity contribution in [3.63, 3.8) is 0 Å². The van der Waals surface area contributed by atoms with E-state index in [1.54, 1.807) is 0 Å². The quantitative estimate of drug-likeness (QED) is 0.881. The molecule has 0 atom stereocenters. The summed E-state index contributed by atoms with van der Waals surface area (Å²) in [6, 6.07) is 8.58. The predicted octanol–water partition coefficient (Wildman–Crippen LogP) is 2.07. The zero-order valence-corrected chi connectivity index (χ0v) is 10.3. The van der Waals surface area contributed by atoms with Gasteiger partial charge in [-0.1, -0.05) is 29.5 Å². The van der Waals surface area contributed by atoms with Crippen LogP contribution in [0.1, 0.15) is 17.0 Å². The number of benzene rings is 1. The summed E-state index contributed by atoms with van der Waals surface area (Å²) in [7, 11) is 0. The second-order valence-corrected chi connectivity index (χ2v) is 5.28. The summed E-state index contributed by atoms with van der Waals surface area (Å²) in [5.41, 5.74) is 8.36. The molecule has 1 aliphatic rings. The average molecular weight is 246 g/mol. The van der Waals surface area contributed by atoms with Gasteiger partial charge in [0.05, 0.1) is 6.54 Å². The second kappa shape index (κ2) is 4.33. The first-order valence-electron chi connectivity index (χ1n) is 5.73. The lowest BCUT2D eigenvalue weighted by Crippen LogP contribution is -2.28. The summed E-state index contributed by atoms with van der Waals surface area (Å²) >= 11 is 1.47. The summed E-state index contributed by atoms with van der Waals surface area (Å²) in [6.45, 7) is 1.89. The number of fused-ring (bicyclic) bond motifs is 1. The summed E-state index contributed by atoms with van der Waals surface area (Å²) in [6.07, 6.45) is 2.37. The molecule has 2 N–H and O–H groups in total. The molecule has 0 aliphatic carbocycles. The van der Waals surface area contributed by atoms with E-state index in [9.17, 15) is 0 Å². The molecule has 1 aliphatic heterocycles. The van der Waals surface area contributed by atoms with Crippen LogP contribution in [0.25, 0.3) is 0 Å². The van der Waals surface area contributed by atoms with Gasteiger partial charge in [0, 0.05) is 12.2 Å². The highest BCUT2D eigenvalue weighted by Gasteiger charge is 2.17. The van der Waals surface area contributed by atoms with E-state index in [2.05, 4.69) is 39.4 Å². The van der Waals surface area contributed by atoms with Gasteiger partial charge in [-0.15, -0.1) is 10.2 Å². The minimum atomic E-state index is 0.547. The maximum Gasteiger partial charge on any atom is 0.203 e. The Morgan fingerprint density at radius 1 is 1.29 bits per heavy atom. The Labute approximate surface area is 104 Å². The molecule has 0 spiro atoms. The van der Waals surface area contributed by atoms with Gasteiger partial charge in [0.15, 0.2) is 0 Å². The largest absolute Gasteiger partial charge is 0.374 e. The van der Waals surface area contributed by atoms with E-state index in [0.717, 1.165) is 18.1 Å². The van der Waals surface area contributed by atoms with Crippen molar-refractivity contribution in [2.75, 3.05) is 17.2 Å². The number of anilines is 2. The first-order chi connectivity index (χ1) is 8.33. The highest BCUT2D eigenvalue weighted by Crippen LogP contribution is 2.28. The molecule has 1 aromatic heterocycles. The van der Waals surface area contributed by atoms with E-state index in [0.29, 0.717) is 5.13 Å². The molecule has 4 nitrogen and oxygen atoms in total. The third-order valence-electron chi connectivity index (χ3n) is 3.02. The molecule has 0 radical (unpaired) electrons. The molecular formula is C12H14N4S. The molecule has 0 amide bonds. The topological polar surface area (TPSA) is 55.0 Å². The summed E-state index contributed by atoms with van der Waals surface area (Å²) < 4.78 is 0. The fourth-order valence-corrected chi connectivity index (χ4v) is 2.89. The molecule has 0 unspecified atom stereocenters. The SMILES string of the molecule is Nc1nnc(CN2CCCc3ccccc32)s1. The molecule has 88 valence electrons. The van der Waals surface area contributed by atoms with Gasteiger partial charge in [0.2, 0.25) is 5.13 Å². The number of nitrogens with two attached hydrogens (primary N) is 1. The molecule has 0 fully saturated rings. The number of aryl methyl sites for hydroxylation is 1. The molecule has 0 bridgehead atoms. The van der Waals surface area contributed by atoms with Gasteiger partial charge in [-0.2, -0.15) is 0 Å². The van der Waals surface area contributed by atoms with Crippen molar-refractivity contribution in [2.45, 2.75) is 19.4 Å². The lowest BCUT2D eigenvalue weighted by molar-refractivity contribution is 0.686. The van der Waals surface area contributed by atoms with Crippen LogP contribution in [-0.4, -0.2) is 16.7 Å². The second-order valence-electron chi connectivity index (χ2n) is 4.19. The smallest absolute Gasteiger partial charge is 0.203 e. The van der Waals surface area contributed by atoms with E-state index in [-0.39, 0.29) is 0 Å². The van der Waals surface area contributed by atoms with Gasteiger partial charge >= 0.3 is 0 Å². The lowest BCUT2D eigenvalue weighted by atomic mass is 10.0. The van der Waals surface area contributed by atoms with Crippen LogP contribution in [0.2, 0.25) is 0 Å². The van der Waals surface area contributed by atoms with Crippen molar-refractivity contribution in [3.8, 4) is 0 Å². The Balaban J connectivity index is 1.85. The Morgan fingerprint density at radius 2 is 2.18 bits per heavy atom. The third kappa shape index (κ3) is 2.10. The standard InChI is InChI=1S/C12H14N4S/c13-12-15-14-11(17-12)8-16-7-3-5-9-4-1-2-6-10(9)16/h1-2,4,6H,3,5,7-8H2,(H2,13,15). The van der Waals surface area contributed by atoms with E-state index in [1.807, 2.05) is 0 Å². The number of hydrogen-bond acceptors (Lipinski definition) is 5. The zero-order valence-electron chi connectivity index (χ0n) is 9.47. The average Bonchev–Trinajstić information content (AvgIpc) is 2.75. The number of nitrogen functional groups attached to an aromatic ring is 1. The number of nitrogens with zero attached hydrogens (tertiary/aromatic N) is 3. The number of rotatable bonds is 2. The maximum atomic E-state index is 5.60. The van der Waals surface area contributed by atoms with Crippen molar-refractivity contribution in [3.05, 3.63) is 34.8 Å². The number of para-hydroxylation sites is 1. The fraction of sp³-hybridized carbons (Fsp3) is 0.333. The van der Waals surface area contributed by atoms with Gasteiger partial charge in [-0.25, -0.2) is 0 Å². The summed E-state index contributed by atoms with van der Waals surface area (Å²) in [4.78, 5) is 2.36. The minimum Gasteiger partial charge on any atom is -0.374 e. The Bertz CT molecular complexity index is 523. The molecule has 5 heteroatoms. The predicted molar refractivity (Wildman–Crippen MR) is 70.1 cm³/mol. The minimum absolute atomic E-state index is 0.547. The zero-order chi connectivity index (χ0) is 11.7. The van der Waals surface area contributed by atoms with Crippen molar-refractivity contribution < 1.29 is 0 Å². The van der Waals surface area contributed by atoms with Crippen LogP contribution in [-0.2, 0) is 13.0 Å². The molecule has 0 saturated carbocycles. The van der Waals surface area contributed by atoms with Crippen molar-refractivity contribution >= 4 is 22.2 Å². The molecule has 0 saturated heterocycles. The van der Waals surface area contributed by atoms with Crippen molar-refractivity contribution in [2.24, 2.45) is 0 Å². The van der Waals surface area contributed by atoms with E-state index in [4.69, 9.17) is 5.73 Å². The summed E-state index contributed by atoms with van der Waals surface area (Å²) in [5, 5.41) is 9.47. The molecule has 1 aromatic carbocycles. The van der Waals surface area contributed by atoms with Gasteiger partial charge in [-0.3, -0.25) is 0 Å². The molecule has 3 rings (SSSR count). The van der Waals surface area contributed by atoms with Gasteiger partial charge in [0.1, 0.15) is 5.01 Å². The maximum absolute atomic E-state index is 5.60. The van der Waals surface area contributed by atoms with Crippen LogP contribution in [0.15, 0.2) is 24.3 Å². The first kappa shape index (κ1) is 10.5. The van der Waals surface area contributed by atoms with Crippen LogP contribution >= 0.6 is 11.3 Å².